The molecule has 0 saturated carbocycles. The molecule has 0 spiro atoms. The Morgan fingerprint density at radius 1 is 1.50 bits per heavy atom. The average Bonchev–Trinajstić information content (AvgIpc) is 2.16. The number of carboxylic acids is 1. The van der Waals surface area contributed by atoms with E-state index in [9.17, 15) is 8.42 Å². The summed E-state index contributed by atoms with van der Waals surface area (Å²) in [5.41, 5.74) is 0. The maximum Gasteiger partial charge on any atom is 0.300 e. The van der Waals surface area contributed by atoms with Crippen LogP contribution in [0.5, 0.6) is 0 Å². The van der Waals surface area contributed by atoms with Gasteiger partial charge in [0.15, 0.2) is 0 Å². The summed E-state index contributed by atoms with van der Waals surface area (Å²) in [6, 6.07) is 0. The van der Waals surface area contributed by atoms with E-state index in [4.69, 9.17) is 19.8 Å². The first-order valence-corrected chi connectivity index (χ1v) is 6.33. The van der Waals surface area contributed by atoms with E-state index in [-0.39, 0.29) is 6.10 Å². The van der Waals surface area contributed by atoms with Crippen molar-refractivity contribution in [1.29, 1.82) is 0 Å². The van der Waals surface area contributed by atoms with Crippen molar-refractivity contribution in [2.24, 2.45) is 5.14 Å². The number of carbonyl (C=O) groups is 1. The maximum absolute atomic E-state index is 10.9. The van der Waals surface area contributed by atoms with E-state index in [2.05, 4.69) is 5.32 Å². The number of piperidine rings is 1. The number of primary sulfonamides is 1. The van der Waals surface area contributed by atoms with Crippen molar-refractivity contribution >= 4 is 16.0 Å². The molecule has 7 nitrogen and oxygen atoms in total. The predicted octanol–water partition coefficient (Wildman–Crippen LogP) is -1.26. The fraction of sp³-hybridized carbons (Fsp3) is 0.875. The topological polar surface area (TPSA) is 119 Å². The van der Waals surface area contributed by atoms with Crippen LogP contribution in [0, 0.1) is 0 Å². The van der Waals surface area contributed by atoms with Crippen LogP contribution in [0.3, 0.4) is 0 Å². The van der Waals surface area contributed by atoms with Crippen molar-refractivity contribution in [1.82, 2.24) is 5.32 Å². The lowest BCUT2D eigenvalue weighted by Gasteiger charge is -2.27. The monoisotopic (exact) mass is 254 g/mol. The van der Waals surface area contributed by atoms with Crippen LogP contribution >= 0.6 is 0 Å². The van der Waals surface area contributed by atoms with Crippen LogP contribution in [-0.2, 0) is 19.6 Å². The minimum absolute atomic E-state index is 0.0397. The molecular weight excluding hydrogens is 236 g/mol. The quantitative estimate of drug-likeness (QED) is 0.566. The van der Waals surface area contributed by atoms with Gasteiger partial charge in [-0.2, -0.15) is 0 Å². The molecule has 0 amide bonds. The number of hydrogen-bond donors (Lipinski definition) is 3. The Morgan fingerprint density at radius 3 is 2.38 bits per heavy atom. The molecule has 16 heavy (non-hydrogen) atoms. The second kappa shape index (κ2) is 6.79. The highest BCUT2D eigenvalue weighted by Crippen LogP contribution is 2.11. The average molecular weight is 254 g/mol. The molecule has 0 bridgehead atoms. The smallest absolute Gasteiger partial charge is 0.300 e. The zero-order valence-corrected chi connectivity index (χ0v) is 10.2. The summed E-state index contributed by atoms with van der Waals surface area (Å²) in [7, 11) is -1.84. The van der Waals surface area contributed by atoms with Gasteiger partial charge in [-0.05, 0) is 6.42 Å². The molecule has 1 rings (SSSR count). The largest absolute Gasteiger partial charge is 0.481 e. The highest BCUT2D eigenvalue weighted by Gasteiger charge is 2.28. The lowest BCUT2D eigenvalue weighted by atomic mass is 10.1. The molecule has 4 N–H and O–H groups in total. The Labute approximate surface area is 95.0 Å². The van der Waals surface area contributed by atoms with Crippen molar-refractivity contribution in [2.45, 2.75) is 24.7 Å². The number of rotatable bonds is 2. The molecule has 0 aromatic carbocycles. The van der Waals surface area contributed by atoms with E-state index in [0.717, 1.165) is 6.92 Å². The number of sulfonamides is 1. The van der Waals surface area contributed by atoms with Crippen LogP contribution < -0.4 is 10.5 Å². The lowest BCUT2D eigenvalue weighted by Crippen LogP contribution is -2.48. The van der Waals surface area contributed by atoms with Crippen molar-refractivity contribution in [3.63, 3.8) is 0 Å². The van der Waals surface area contributed by atoms with Gasteiger partial charge >= 0.3 is 0 Å². The van der Waals surface area contributed by atoms with Gasteiger partial charge in [-0.25, -0.2) is 13.6 Å². The maximum atomic E-state index is 10.9. The Kier molecular flexibility index (Phi) is 6.49. The number of methoxy groups -OCH3 is 1. The van der Waals surface area contributed by atoms with E-state index < -0.39 is 21.2 Å². The molecule has 1 fully saturated rings. The zero-order chi connectivity index (χ0) is 12.8. The molecule has 96 valence electrons. The molecular formula is C8H18N2O5S. The normalized spacial score (nSPS) is 25.4. The van der Waals surface area contributed by atoms with E-state index in [1.54, 1.807) is 7.11 Å². The van der Waals surface area contributed by atoms with E-state index in [0.29, 0.717) is 19.5 Å². The summed E-state index contributed by atoms with van der Waals surface area (Å²) < 4.78 is 26.9. The van der Waals surface area contributed by atoms with Gasteiger partial charge < -0.3 is 15.2 Å². The number of nitrogens with one attached hydrogen (secondary N) is 1. The third-order valence-corrected chi connectivity index (χ3v) is 3.36. The zero-order valence-electron chi connectivity index (χ0n) is 9.34. The van der Waals surface area contributed by atoms with Crippen LogP contribution in [0.25, 0.3) is 0 Å². The SMILES string of the molecule is CC(=O)O.CO[C@@H]1CNC[C@@H](S(N)(=O)=O)C1. The first-order valence-electron chi connectivity index (χ1n) is 4.72. The van der Waals surface area contributed by atoms with Crippen LogP contribution in [0.2, 0.25) is 0 Å². The molecule has 0 aliphatic carbocycles. The summed E-state index contributed by atoms with van der Waals surface area (Å²) in [5.74, 6) is -0.833. The Morgan fingerprint density at radius 2 is 2.00 bits per heavy atom. The first-order chi connectivity index (χ1) is 7.27. The number of carboxylic acid groups (broad SMARTS) is 1. The summed E-state index contributed by atoms with van der Waals surface area (Å²) in [6.07, 6.45) is 0.449. The van der Waals surface area contributed by atoms with Crippen molar-refractivity contribution < 1.29 is 23.1 Å². The van der Waals surface area contributed by atoms with Crippen molar-refractivity contribution in [2.75, 3.05) is 20.2 Å². The highest BCUT2D eigenvalue weighted by atomic mass is 32.2. The Balaban J connectivity index is 0.000000487. The molecule has 8 heteroatoms. The molecule has 0 radical (unpaired) electrons. The standard InChI is InChI=1S/C6H14N2O3S.C2H4O2/c1-11-5-2-6(4-8-3-5)12(7,9)10;1-2(3)4/h5-6,8H,2-4H2,1H3,(H2,7,9,10);1H3,(H,3,4)/t5-,6-;/m0./s1. The van der Waals surface area contributed by atoms with Crippen LogP contribution in [0.1, 0.15) is 13.3 Å². The van der Waals surface area contributed by atoms with E-state index in [1.165, 1.54) is 0 Å². The minimum atomic E-state index is -3.41. The number of nitrogens with two attached hydrogens (primary N) is 1. The van der Waals surface area contributed by atoms with Crippen LogP contribution in [0.15, 0.2) is 0 Å². The van der Waals surface area contributed by atoms with Gasteiger partial charge in [0.2, 0.25) is 10.0 Å². The van der Waals surface area contributed by atoms with Gasteiger partial charge in [0.05, 0.1) is 11.4 Å². The first kappa shape index (κ1) is 15.3. The third kappa shape index (κ3) is 6.72. The molecule has 1 aliphatic heterocycles. The van der Waals surface area contributed by atoms with Gasteiger partial charge in [-0.1, -0.05) is 0 Å². The van der Waals surface area contributed by atoms with Gasteiger partial charge in [-0.3, -0.25) is 4.79 Å². The molecule has 0 aromatic heterocycles. The lowest BCUT2D eigenvalue weighted by molar-refractivity contribution is -0.134. The minimum Gasteiger partial charge on any atom is -0.481 e. The molecule has 1 aliphatic rings. The highest BCUT2D eigenvalue weighted by molar-refractivity contribution is 7.89. The number of hydrogen-bond acceptors (Lipinski definition) is 5. The van der Waals surface area contributed by atoms with Gasteiger partial charge in [0.1, 0.15) is 0 Å². The summed E-state index contributed by atoms with van der Waals surface area (Å²) >= 11 is 0. The van der Waals surface area contributed by atoms with Crippen molar-refractivity contribution in [3.8, 4) is 0 Å². The number of aliphatic carboxylic acids is 1. The van der Waals surface area contributed by atoms with Crippen LogP contribution in [-0.4, -0.2) is 51.0 Å². The summed E-state index contributed by atoms with van der Waals surface area (Å²) in [4.78, 5) is 9.00. The fourth-order valence-corrected chi connectivity index (χ4v) is 2.13. The fourth-order valence-electron chi connectivity index (χ4n) is 1.30. The summed E-state index contributed by atoms with van der Waals surface area (Å²) in [5, 5.41) is 14.9. The van der Waals surface area contributed by atoms with E-state index in [1.807, 2.05) is 0 Å². The second-order valence-electron chi connectivity index (χ2n) is 3.48. The third-order valence-electron chi connectivity index (χ3n) is 2.07. The molecule has 1 saturated heterocycles. The summed E-state index contributed by atoms with van der Waals surface area (Å²) in [6.45, 7) is 2.21. The molecule has 1 heterocycles. The number of ether oxygens (including phenoxy) is 1. The van der Waals surface area contributed by atoms with Crippen molar-refractivity contribution in [3.05, 3.63) is 0 Å². The Bertz CT molecular complexity index is 312. The Hall–Kier alpha value is -0.700. The predicted molar refractivity (Wildman–Crippen MR) is 58.5 cm³/mol. The molecule has 2 atom stereocenters. The molecule has 0 aromatic rings. The molecule has 0 unspecified atom stereocenters. The van der Waals surface area contributed by atoms with Gasteiger partial charge in [0, 0.05) is 27.1 Å². The van der Waals surface area contributed by atoms with Gasteiger partial charge in [0.25, 0.3) is 5.97 Å². The van der Waals surface area contributed by atoms with Crippen LogP contribution in [0.4, 0.5) is 0 Å². The second-order valence-corrected chi connectivity index (χ2v) is 5.33. The van der Waals surface area contributed by atoms with E-state index >= 15 is 0 Å². The van der Waals surface area contributed by atoms with Gasteiger partial charge in [-0.15, -0.1) is 0 Å².